The number of sulfone groups is 1. The Labute approximate surface area is 123 Å². The molecule has 7 nitrogen and oxygen atoms in total. The monoisotopic (exact) mass is 329 g/mol. The summed E-state index contributed by atoms with van der Waals surface area (Å²) in [5, 5.41) is 2.27. The maximum atomic E-state index is 11.6. The molecular formula is C11H20ClNO6S. The second-order valence-corrected chi connectivity index (χ2v) is 7.67. The summed E-state index contributed by atoms with van der Waals surface area (Å²) in [6, 6.07) is -1.51. The van der Waals surface area contributed by atoms with Gasteiger partial charge in [0.1, 0.15) is 21.5 Å². The molecule has 0 aliphatic heterocycles. The van der Waals surface area contributed by atoms with E-state index in [9.17, 15) is 18.0 Å². The second-order valence-electron chi connectivity index (χ2n) is 5.19. The number of halogens is 1. The highest BCUT2D eigenvalue weighted by atomic mass is 35.5. The summed E-state index contributed by atoms with van der Waals surface area (Å²) < 4.78 is 31.8. The Morgan fingerprint density at radius 1 is 1.30 bits per heavy atom. The third kappa shape index (κ3) is 9.85. The highest BCUT2D eigenvalue weighted by molar-refractivity contribution is 7.90. The summed E-state index contributed by atoms with van der Waals surface area (Å²) >= 11 is 5.27. The van der Waals surface area contributed by atoms with E-state index >= 15 is 0 Å². The van der Waals surface area contributed by atoms with Crippen LogP contribution in [0.2, 0.25) is 0 Å². The van der Waals surface area contributed by atoms with Gasteiger partial charge in [0.2, 0.25) is 0 Å². The Kier molecular flexibility index (Phi) is 7.29. The molecular weight excluding hydrogens is 310 g/mol. The van der Waals surface area contributed by atoms with Crippen LogP contribution in [0.4, 0.5) is 4.79 Å². The molecule has 1 atom stereocenters. The summed E-state index contributed by atoms with van der Waals surface area (Å²) in [6.45, 7) is 4.99. The van der Waals surface area contributed by atoms with Crippen molar-refractivity contribution in [1.29, 1.82) is 0 Å². The maximum Gasteiger partial charge on any atom is 0.408 e. The third-order valence-electron chi connectivity index (χ3n) is 1.95. The lowest BCUT2D eigenvalue weighted by atomic mass is 10.2. The van der Waals surface area contributed by atoms with Crippen LogP contribution in [0.25, 0.3) is 0 Å². The van der Waals surface area contributed by atoms with Crippen molar-refractivity contribution in [2.75, 3.05) is 18.1 Å². The van der Waals surface area contributed by atoms with E-state index in [-0.39, 0.29) is 18.2 Å². The summed E-state index contributed by atoms with van der Waals surface area (Å²) in [5.41, 5.74) is -0.734. The molecule has 0 heterocycles. The quantitative estimate of drug-likeness (QED) is 0.577. The Bertz CT molecular complexity index is 442. The molecule has 9 heteroatoms. The molecule has 0 aromatic heterocycles. The van der Waals surface area contributed by atoms with Gasteiger partial charge in [0.25, 0.3) is 0 Å². The number of rotatable bonds is 6. The van der Waals surface area contributed by atoms with Gasteiger partial charge in [-0.1, -0.05) is 11.6 Å². The summed E-state index contributed by atoms with van der Waals surface area (Å²) in [7, 11) is -3.27. The number of hydrogen-bond donors (Lipinski definition) is 1. The van der Waals surface area contributed by atoms with Crippen LogP contribution >= 0.6 is 11.6 Å². The number of alkyl carbamates (subject to hydrolysis) is 1. The van der Waals surface area contributed by atoms with E-state index in [1.165, 1.54) is 0 Å². The van der Waals surface area contributed by atoms with Gasteiger partial charge in [-0.05, 0) is 27.2 Å². The van der Waals surface area contributed by atoms with Crippen molar-refractivity contribution in [2.24, 2.45) is 0 Å². The fraction of sp³-hybridized carbons (Fsp3) is 0.818. The fourth-order valence-corrected chi connectivity index (χ4v) is 1.96. The van der Waals surface area contributed by atoms with Crippen LogP contribution in [0, 0.1) is 0 Å². The minimum absolute atomic E-state index is 0.117. The van der Waals surface area contributed by atoms with Crippen molar-refractivity contribution in [3.63, 3.8) is 0 Å². The molecule has 0 saturated heterocycles. The van der Waals surface area contributed by atoms with Gasteiger partial charge in [-0.15, -0.1) is 0 Å². The highest BCUT2D eigenvalue weighted by Gasteiger charge is 2.26. The lowest BCUT2D eigenvalue weighted by Crippen LogP contribution is -2.45. The number of carbonyl (C=O) groups excluding carboxylic acids is 2. The molecule has 0 aliphatic rings. The zero-order valence-electron chi connectivity index (χ0n) is 11.9. The van der Waals surface area contributed by atoms with Gasteiger partial charge in [-0.25, -0.2) is 18.0 Å². The van der Waals surface area contributed by atoms with Gasteiger partial charge in [-0.2, -0.15) is 0 Å². The van der Waals surface area contributed by atoms with E-state index in [0.717, 1.165) is 6.26 Å². The van der Waals surface area contributed by atoms with Crippen LogP contribution in [0.5, 0.6) is 0 Å². The first-order chi connectivity index (χ1) is 8.94. The Morgan fingerprint density at radius 2 is 1.85 bits per heavy atom. The molecule has 118 valence electrons. The summed E-state index contributed by atoms with van der Waals surface area (Å²) in [6.07, 6.45) is 0.0839. The zero-order chi connectivity index (χ0) is 16.0. The number of alkyl halides is 1. The van der Waals surface area contributed by atoms with E-state index < -0.39 is 33.5 Å². The second kappa shape index (κ2) is 7.68. The van der Waals surface area contributed by atoms with Crippen molar-refractivity contribution >= 4 is 33.5 Å². The molecule has 20 heavy (non-hydrogen) atoms. The van der Waals surface area contributed by atoms with Gasteiger partial charge in [0, 0.05) is 6.26 Å². The van der Waals surface area contributed by atoms with Crippen LogP contribution in [0.1, 0.15) is 27.2 Å². The van der Waals surface area contributed by atoms with Crippen LogP contribution in [0.15, 0.2) is 0 Å². The summed E-state index contributed by atoms with van der Waals surface area (Å²) in [4.78, 5) is 23.2. The van der Waals surface area contributed by atoms with Crippen molar-refractivity contribution in [2.45, 2.75) is 38.8 Å². The van der Waals surface area contributed by atoms with Gasteiger partial charge < -0.3 is 14.8 Å². The van der Waals surface area contributed by atoms with Gasteiger partial charge >= 0.3 is 12.1 Å². The molecule has 0 aromatic carbocycles. The van der Waals surface area contributed by atoms with E-state index in [1.54, 1.807) is 20.8 Å². The molecule has 0 aliphatic carbocycles. The van der Waals surface area contributed by atoms with Crippen molar-refractivity contribution in [1.82, 2.24) is 5.32 Å². The molecule has 0 spiro atoms. The molecule has 0 saturated carbocycles. The minimum Gasteiger partial charge on any atom is -0.448 e. The SMILES string of the molecule is CC(C)(C)OC(=O)NC(CCS(C)(=O)=O)C(=O)OCCl. The Morgan fingerprint density at radius 3 is 2.25 bits per heavy atom. The van der Waals surface area contributed by atoms with Crippen LogP contribution in [0.3, 0.4) is 0 Å². The lowest BCUT2D eigenvalue weighted by molar-refractivity contribution is -0.144. The molecule has 1 N–H and O–H groups in total. The topological polar surface area (TPSA) is 98.8 Å². The average Bonchev–Trinajstić information content (AvgIpc) is 2.20. The Balaban J connectivity index is 4.69. The van der Waals surface area contributed by atoms with Crippen molar-refractivity contribution in [3.8, 4) is 0 Å². The molecule has 0 fully saturated rings. The van der Waals surface area contributed by atoms with E-state index in [1.807, 2.05) is 0 Å². The Hall–Kier alpha value is -1.02. The number of carbonyl (C=O) groups is 2. The predicted molar refractivity (Wildman–Crippen MR) is 74.3 cm³/mol. The number of nitrogens with one attached hydrogen (secondary N) is 1. The minimum atomic E-state index is -3.27. The number of ether oxygens (including phenoxy) is 2. The van der Waals surface area contributed by atoms with Gasteiger partial charge in [-0.3, -0.25) is 0 Å². The lowest BCUT2D eigenvalue weighted by Gasteiger charge is -2.22. The van der Waals surface area contributed by atoms with Crippen LogP contribution in [-0.2, 0) is 24.1 Å². The first-order valence-electron chi connectivity index (χ1n) is 5.84. The molecule has 0 aromatic rings. The first kappa shape index (κ1) is 19.0. The predicted octanol–water partition coefficient (Wildman–Crippen LogP) is 1.05. The van der Waals surface area contributed by atoms with Crippen LogP contribution in [-0.4, -0.2) is 50.2 Å². The van der Waals surface area contributed by atoms with Crippen LogP contribution < -0.4 is 5.32 Å². The summed E-state index contributed by atoms with van der Waals surface area (Å²) in [5.74, 6) is -1.08. The number of hydrogen-bond acceptors (Lipinski definition) is 6. The van der Waals surface area contributed by atoms with Crippen molar-refractivity contribution < 1.29 is 27.5 Å². The fourth-order valence-electron chi connectivity index (χ4n) is 1.19. The van der Waals surface area contributed by atoms with Crippen molar-refractivity contribution in [3.05, 3.63) is 0 Å². The first-order valence-corrected chi connectivity index (χ1v) is 8.44. The number of esters is 1. The van der Waals surface area contributed by atoms with E-state index in [4.69, 9.17) is 16.3 Å². The standard InChI is InChI=1S/C11H20ClNO6S/c1-11(2,3)19-10(15)13-8(9(14)18-7-12)5-6-20(4,16)17/h8H,5-7H2,1-4H3,(H,13,15). The smallest absolute Gasteiger partial charge is 0.408 e. The molecule has 0 bridgehead atoms. The van der Waals surface area contributed by atoms with Gasteiger partial charge in [0.15, 0.2) is 6.07 Å². The zero-order valence-corrected chi connectivity index (χ0v) is 13.5. The molecule has 1 amide bonds. The third-order valence-corrected chi connectivity index (χ3v) is 3.04. The average molecular weight is 330 g/mol. The maximum absolute atomic E-state index is 11.6. The molecule has 1 unspecified atom stereocenters. The van der Waals surface area contributed by atoms with E-state index in [2.05, 4.69) is 10.1 Å². The number of amides is 1. The van der Waals surface area contributed by atoms with Gasteiger partial charge in [0.05, 0.1) is 5.75 Å². The largest absolute Gasteiger partial charge is 0.448 e. The van der Waals surface area contributed by atoms with E-state index in [0.29, 0.717) is 0 Å². The molecule has 0 rings (SSSR count). The highest BCUT2D eigenvalue weighted by Crippen LogP contribution is 2.08. The molecule has 0 radical (unpaired) electrons. The normalized spacial score (nSPS) is 13.4.